The average Bonchev–Trinajstić information content (AvgIpc) is 3.20. The van der Waals surface area contributed by atoms with Crippen molar-refractivity contribution in [3.05, 3.63) is 35.4 Å². The molecule has 0 N–H and O–H groups in total. The molecule has 0 amide bonds. The van der Waals surface area contributed by atoms with E-state index in [1.165, 1.54) is 0 Å². The Kier molecular flexibility index (Phi) is 4.86. The summed E-state index contributed by atoms with van der Waals surface area (Å²) in [7, 11) is 6.53. The zero-order valence-corrected chi connectivity index (χ0v) is 17.5. The highest BCUT2D eigenvalue weighted by Gasteiger charge is 2.48. The first-order valence-electron chi connectivity index (χ1n) is 9.43. The van der Waals surface area contributed by atoms with E-state index in [-0.39, 0.29) is 18.6 Å². The molecule has 2 aliphatic rings. The molecule has 4 rings (SSSR count). The highest BCUT2D eigenvalue weighted by molar-refractivity contribution is 5.61. The summed E-state index contributed by atoms with van der Waals surface area (Å²) >= 11 is 0. The van der Waals surface area contributed by atoms with Crippen LogP contribution in [0.1, 0.15) is 30.9 Å². The Bertz CT molecular complexity index is 901. The Morgan fingerprint density at radius 1 is 0.862 bits per heavy atom. The maximum absolute atomic E-state index is 6.29. The van der Waals surface area contributed by atoms with E-state index in [2.05, 4.69) is 6.92 Å². The molecule has 7 heteroatoms. The highest BCUT2D eigenvalue weighted by Crippen LogP contribution is 2.55. The second kappa shape index (κ2) is 7.22. The molecule has 0 spiro atoms. The van der Waals surface area contributed by atoms with Gasteiger partial charge in [-0.15, -0.1) is 0 Å². The predicted octanol–water partition coefficient (Wildman–Crippen LogP) is 3.96. The van der Waals surface area contributed by atoms with Gasteiger partial charge in [-0.1, -0.05) is 6.92 Å². The predicted molar refractivity (Wildman–Crippen MR) is 106 cm³/mol. The molecule has 0 saturated heterocycles. The van der Waals surface area contributed by atoms with Gasteiger partial charge in [0.05, 0.1) is 21.3 Å². The van der Waals surface area contributed by atoms with Gasteiger partial charge < -0.3 is 33.2 Å². The topological polar surface area (TPSA) is 64.6 Å². The molecule has 0 bridgehead atoms. The van der Waals surface area contributed by atoms with Gasteiger partial charge in [-0.25, -0.2) is 0 Å². The Morgan fingerprint density at radius 3 is 2.03 bits per heavy atom. The monoisotopic (exact) mass is 402 g/mol. The number of methoxy groups -OCH3 is 4. The van der Waals surface area contributed by atoms with Gasteiger partial charge in [-0.2, -0.15) is 0 Å². The molecule has 7 nitrogen and oxygen atoms in total. The minimum Gasteiger partial charge on any atom is -0.496 e. The third-order valence-electron chi connectivity index (χ3n) is 5.95. The lowest BCUT2D eigenvalue weighted by Gasteiger charge is -2.44. The lowest BCUT2D eigenvalue weighted by Crippen LogP contribution is -2.47. The van der Waals surface area contributed by atoms with E-state index in [1.807, 2.05) is 31.2 Å². The fourth-order valence-electron chi connectivity index (χ4n) is 4.13. The summed E-state index contributed by atoms with van der Waals surface area (Å²) in [5.41, 5.74) is 1.85. The quantitative estimate of drug-likeness (QED) is 0.750. The second-order valence-electron chi connectivity index (χ2n) is 7.28. The molecular formula is C22H26O7. The molecule has 156 valence electrons. The van der Waals surface area contributed by atoms with Crippen molar-refractivity contribution in [1.29, 1.82) is 0 Å². The summed E-state index contributed by atoms with van der Waals surface area (Å²) in [6, 6.07) is 7.54. The van der Waals surface area contributed by atoms with E-state index in [4.69, 9.17) is 33.2 Å². The third-order valence-corrected chi connectivity index (χ3v) is 5.95. The summed E-state index contributed by atoms with van der Waals surface area (Å²) in [5, 5.41) is 0. The smallest absolute Gasteiger partial charge is 0.231 e. The molecule has 3 atom stereocenters. The molecule has 3 unspecified atom stereocenters. The van der Waals surface area contributed by atoms with Crippen molar-refractivity contribution in [2.45, 2.75) is 25.6 Å². The van der Waals surface area contributed by atoms with Crippen LogP contribution in [0.15, 0.2) is 24.3 Å². The fourth-order valence-corrected chi connectivity index (χ4v) is 4.13. The van der Waals surface area contributed by atoms with Gasteiger partial charge in [0.2, 0.25) is 12.6 Å². The van der Waals surface area contributed by atoms with Crippen LogP contribution in [-0.4, -0.2) is 41.0 Å². The van der Waals surface area contributed by atoms with Crippen LogP contribution >= 0.6 is 0 Å². The molecule has 2 aromatic rings. The molecule has 2 aliphatic heterocycles. The average molecular weight is 402 g/mol. The van der Waals surface area contributed by atoms with E-state index in [0.29, 0.717) is 34.5 Å². The molecule has 0 radical (unpaired) electrons. The molecule has 0 aromatic heterocycles. The zero-order chi connectivity index (χ0) is 20.8. The van der Waals surface area contributed by atoms with Crippen molar-refractivity contribution < 1.29 is 33.2 Å². The fraction of sp³-hybridized carbons (Fsp3) is 0.455. The van der Waals surface area contributed by atoms with Crippen LogP contribution in [0.4, 0.5) is 0 Å². The summed E-state index contributed by atoms with van der Waals surface area (Å²) in [4.78, 5) is 0. The van der Waals surface area contributed by atoms with E-state index < -0.39 is 5.79 Å². The molecule has 0 aliphatic carbocycles. The van der Waals surface area contributed by atoms with Crippen LogP contribution in [0.3, 0.4) is 0 Å². The van der Waals surface area contributed by atoms with Crippen LogP contribution in [0.25, 0.3) is 0 Å². The van der Waals surface area contributed by atoms with E-state index >= 15 is 0 Å². The molecule has 29 heavy (non-hydrogen) atoms. The van der Waals surface area contributed by atoms with Crippen molar-refractivity contribution in [2.24, 2.45) is 5.92 Å². The summed E-state index contributed by atoms with van der Waals surface area (Å²) in [6.45, 7) is 4.21. The Hall–Kier alpha value is -2.80. The lowest BCUT2D eigenvalue weighted by molar-refractivity contribution is -0.194. The highest BCUT2D eigenvalue weighted by atomic mass is 16.7. The van der Waals surface area contributed by atoms with Crippen molar-refractivity contribution in [2.75, 3.05) is 35.2 Å². The van der Waals surface area contributed by atoms with Crippen LogP contribution < -0.4 is 28.4 Å². The SMILES string of the molecule is COc1cc(OC)c(C2c3cc4c(cc3OC(C)(OC)C2C)OCO4)c(OC)c1. The maximum atomic E-state index is 6.29. The second-order valence-corrected chi connectivity index (χ2v) is 7.28. The maximum Gasteiger partial charge on any atom is 0.231 e. The Labute approximate surface area is 170 Å². The minimum absolute atomic E-state index is 0.0726. The summed E-state index contributed by atoms with van der Waals surface area (Å²) in [6.07, 6.45) is 0. The van der Waals surface area contributed by atoms with E-state index in [0.717, 1.165) is 11.1 Å². The van der Waals surface area contributed by atoms with Crippen LogP contribution in [0.5, 0.6) is 34.5 Å². The normalized spacial score (nSPS) is 24.5. The zero-order valence-electron chi connectivity index (χ0n) is 17.5. The van der Waals surface area contributed by atoms with E-state index in [9.17, 15) is 0 Å². The standard InChI is InChI=1S/C22H26O7/c1-12-20(21-18(24-4)7-13(23-3)8-19(21)25-5)14-9-16-17(28-11-27-16)10-15(14)29-22(12,2)26-6/h7-10,12,20H,11H2,1-6H3. The van der Waals surface area contributed by atoms with Gasteiger partial charge in [0, 0.05) is 55.2 Å². The van der Waals surface area contributed by atoms with Crippen molar-refractivity contribution >= 4 is 0 Å². The molecule has 2 aromatic carbocycles. The van der Waals surface area contributed by atoms with Gasteiger partial charge in [0.1, 0.15) is 23.0 Å². The largest absolute Gasteiger partial charge is 0.496 e. The number of hydrogen-bond donors (Lipinski definition) is 0. The van der Waals surface area contributed by atoms with Gasteiger partial charge in [-0.05, 0) is 6.07 Å². The van der Waals surface area contributed by atoms with Gasteiger partial charge in [0.15, 0.2) is 11.5 Å². The van der Waals surface area contributed by atoms with Gasteiger partial charge in [-0.3, -0.25) is 0 Å². The van der Waals surface area contributed by atoms with Crippen LogP contribution in [0.2, 0.25) is 0 Å². The minimum atomic E-state index is -0.860. The number of benzene rings is 2. The number of hydrogen-bond acceptors (Lipinski definition) is 7. The van der Waals surface area contributed by atoms with Crippen molar-refractivity contribution in [1.82, 2.24) is 0 Å². The first kappa shape index (κ1) is 19.5. The van der Waals surface area contributed by atoms with E-state index in [1.54, 1.807) is 28.4 Å². The number of fused-ring (bicyclic) bond motifs is 2. The molecule has 2 heterocycles. The first-order chi connectivity index (χ1) is 14.0. The van der Waals surface area contributed by atoms with Gasteiger partial charge >= 0.3 is 0 Å². The Balaban J connectivity index is 1.98. The Morgan fingerprint density at radius 2 is 1.48 bits per heavy atom. The third kappa shape index (κ3) is 3.00. The van der Waals surface area contributed by atoms with Crippen LogP contribution in [-0.2, 0) is 4.74 Å². The summed E-state index contributed by atoms with van der Waals surface area (Å²) < 4.78 is 40.2. The molecule has 0 saturated carbocycles. The van der Waals surface area contributed by atoms with Gasteiger partial charge in [0.25, 0.3) is 0 Å². The van der Waals surface area contributed by atoms with Crippen molar-refractivity contribution in [3.8, 4) is 34.5 Å². The number of rotatable bonds is 5. The molecular weight excluding hydrogens is 376 g/mol. The first-order valence-corrected chi connectivity index (χ1v) is 9.43. The summed E-state index contributed by atoms with van der Waals surface area (Å²) in [5.74, 6) is 2.95. The number of ether oxygens (including phenoxy) is 7. The molecule has 0 fully saturated rings. The van der Waals surface area contributed by atoms with Crippen molar-refractivity contribution in [3.63, 3.8) is 0 Å². The lowest BCUT2D eigenvalue weighted by atomic mass is 9.74. The van der Waals surface area contributed by atoms with Crippen LogP contribution in [0, 0.1) is 5.92 Å².